The minimum atomic E-state index is -0.438. The van der Waals surface area contributed by atoms with E-state index in [4.69, 9.17) is 4.74 Å². The highest BCUT2D eigenvalue weighted by atomic mass is 32.1. The Morgan fingerprint density at radius 3 is 3.10 bits per heavy atom. The molecule has 0 radical (unpaired) electrons. The molecule has 1 heterocycles. The van der Waals surface area contributed by atoms with E-state index in [9.17, 15) is 10.1 Å². The van der Waals surface area contributed by atoms with E-state index in [1.165, 1.54) is 23.5 Å². The van der Waals surface area contributed by atoms with Crippen LogP contribution in [0.25, 0.3) is 0 Å². The molecule has 0 spiro atoms. The van der Waals surface area contributed by atoms with Crippen LogP contribution in [0.3, 0.4) is 0 Å². The summed E-state index contributed by atoms with van der Waals surface area (Å²) in [7, 11) is 0. The normalized spacial score (nSPS) is 10.2. The zero-order chi connectivity index (χ0) is 14.4. The molecule has 2 rings (SSSR count). The van der Waals surface area contributed by atoms with E-state index in [1.54, 1.807) is 18.3 Å². The largest absolute Gasteiger partial charge is 0.488 e. The van der Waals surface area contributed by atoms with E-state index in [0.29, 0.717) is 12.4 Å². The van der Waals surface area contributed by atoms with Crippen LogP contribution in [0.2, 0.25) is 0 Å². The molecule has 0 bridgehead atoms. The summed E-state index contributed by atoms with van der Waals surface area (Å²) in [5.41, 5.74) is 0.0251. The summed E-state index contributed by atoms with van der Waals surface area (Å²) in [6, 6.07) is 6.16. The van der Waals surface area contributed by atoms with Crippen molar-refractivity contribution in [2.24, 2.45) is 0 Å². The molecule has 0 saturated heterocycles. The van der Waals surface area contributed by atoms with Crippen molar-refractivity contribution in [2.45, 2.75) is 20.0 Å². The summed E-state index contributed by atoms with van der Waals surface area (Å²) in [5, 5.41) is 14.7. The monoisotopic (exact) mass is 293 g/mol. The summed E-state index contributed by atoms with van der Waals surface area (Å²) in [5.74, 6) is 0.482. The van der Waals surface area contributed by atoms with Crippen molar-refractivity contribution < 1.29 is 9.66 Å². The summed E-state index contributed by atoms with van der Waals surface area (Å²) < 4.78 is 5.54. The first-order valence-electron chi connectivity index (χ1n) is 6.25. The van der Waals surface area contributed by atoms with Gasteiger partial charge in [0.1, 0.15) is 12.4 Å². The van der Waals surface area contributed by atoms with Crippen molar-refractivity contribution in [3.63, 3.8) is 0 Å². The Morgan fingerprint density at radius 2 is 2.35 bits per heavy atom. The molecule has 6 nitrogen and oxygen atoms in total. The molecule has 0 aliphatic rings. The van der Waals surface area contributed by atoms with Crippen molar-refractivity contribution >= 4 is 22.2 Å². The average Bonchev–Trinajstić information content (AvgIpc) is 2.91. The van der Waals surface area contributed by atoms with E-state index in [1.807, 2.05) is 0 Å². The molecule has 0 aliphatic carbocycles. The van der Waals surface area contributed by atoms with Crippen LogP contribution < -0.4 is 10.1 Å². The Bertz CT molecular complexity index is 586. The van der Waals surface area contributed by atoms with Crippen molar-refractivity contribution in [2.75, 3.05) is 11.9 Å². The van der Waals surface area contributed by atoms with Gasteiger partial charge in [0.25, 0.3) is 5.69 Å². The van der Waals surface area contributed by atoms with Gasteiger partial charge in [-0.15, -0.1) is 0 Å². The molecule has 20 heavy (non-hydrogen) atoms. The second-order valence-electron chi connectivity index (χ2n) is 4.10. The molecule has 0 amide bonds. The molecule has 0 unspecified atom stereocenters. The third-order valence-corrected chi connectivity index (χ3v) is 3.42. The van der Waals surface area contributed by atoms with Crippen LogP contribution in [0.1, 0.15) is 18.2 Å². The number of anilines is 1. The van der Waals surface area contributed by atoms with Gasteiger partial charge < -0.3 is 10.1 Å². The van der Waals surface area contributed by atoms with Crippen molar-refractivity contribution in [1.82, 2.24) is 4.98 Å². The number of nitro groups is 1. The average molecular weight is 293 g/mol. The molecular formula is C13H15N3O3S. The van der Waals surface area contributed by atoms with Crippen molar-refractivity contribution in [3.8, 4) is 5.75 Å². The van der Waals surface area contributed by atoms with Crippen molar-refractivity contribution in [1.29, 1.82) is 0 Å². The van der Waals surface area contributed by atoms with Crippen molar-refractivity contribution in [3.05, 3.63) is 45.5 Å². The SMILES string of the molecule is CCCNc1ncc(COc2cccc([N+](=O)[O-])c2)s1. The molecule has 0 aliphatic heterocycles. The van der Waals surface area contributed by atoms with Crippen LogP contribution in [0.15, 0.2) is 30.5 Å². The van der Waals surface area contributed by atoms with E-state index >= 15 is 0 Å². The molecule has 1 aromatic carbocycles. The fourth-order valence-electron chi connectivity index (χ4n) is 1.53. The Morgan fingerprint density at radius 1 is 1.50 bits per heavy atom. The molecule has 2 aromatic rings. The fraction of sp³-hybridized carbons (Fsp3) is 0.308. The molecule has 7 heteroatoms. The van der Waals surface area contributed by atoms with Gasteiger partial charge in [0, 0.05) is 18.8 Å². The fourth-order valence-corrected chi connectivity index (χ4v) is 2.28. The lowest BCUT2D eigenvalue weighted by molar-refractivity contribution is -0.384. The number of nitrogens with zero attached hydrogens (tertiary/aromatic N) is 2. The van der Waals surface area contributed by atoms with Gasteiger partial charge in [-0.1, -0.05) is 24.3 Å². The summed E-state index contributed by atoms with van der Waals surface area (Å²) in [6.07, 6.45) is 2.79. The Balaban J connectivity index is 1.93. The molecule has 0 atom stereocenters. The summed E-state index contributed by atoms with van der Waals surface area (Å²) in [6.45, 7) is 3.33. The van der Waals surface area contributed by atoms with Crippen LogP contribution in [-0.4, -0.2) is 16.5 Å². The maximum atomic E-state index is 10.7. The van der Waals surface area contributed by atoms with Gasteiger partial charge in [-0.2, -0.15) is 0 Å². The first kappa shape index (κ1) is 14.3. The van der Waals surface area contributed by atoms with Gasteiger partial charge in [-0.25, -0.2) is 4.98 Å². The number of thiazole rings is 1. The number of rotatable bonds is 7. The first-order chi connectivity index (χ1) is 9.69. The summed E-state index contributed by atoms with van der Waals surface area (Å²) in [4.78, 5) is 15.4. The number of non-ortho nitro benzene ring substituents is 1. The molecular weight excluding hydrogens is 278 g/mol. The second kappa shape index (κ2) is 6.85. The van der Waals surface area contributed by atoms with Crippen LogP contribution >= 0.6 is 11.3 Å². The second-order valence-corrected chi connectivity index (χ2v) is 5.22. The number of hydrogen-bond acceptors (Lipinski definition) is 6. The Kier molecular flexibility index (Phi) is 4.89. The number of nitrogens with one attached hydrogen (secondary N) is 1. The third-order valence-electron chi connectivity index (χ3n) is 2.49. The van der Waals surface area contributed by atoms with E-state index in [0.717, 1.165) is 23.0 Å². The van der Waals surface area contributed by atoms with E-state index < -0.39 is 4.92 Å². The van der Waals surface area contributed by atoms with E-state index in [-0.39, 0.29) is 5.69 Å². The minimum Gasteiger partial charge on any atom is -0.488 e. The third kappa shape index (κ3) is 3.92. The van der Waals surface area contributed by atoms with Gasteiger partial charge in [-0.05, 0) is 12.5 Å². The molecule has 106 valence electrons. The molecule has 1 N–H and O–H groups in total. The highest BCUT2D eigenvalue weighted by molar-refractivity contribution is 7.15. The number of aromatic nitrogens is 1. The van der Waals surface area contributed by atoms with Crippen LogP contribution in [0.4, 0.5) is 10.8 Å². The zero-order valence-electron chi connectivity index (χ0n) is 11.0. The Hall–Kier alpha value is -2.15. The zero-order valence-corrected chi connectivity index (χ0v) is 11.9. The highest BCUT2D eigenvalue weighted by Crippen LogP contribution is 2.23. The Labute approximate surface area is 120 Å². The van der Waals surface area contributed by atoms with Crippen LogP contribution in [-0.2, 0) is 6.61 Å². The van der Waals surface area contributed by atoms with Gasteiger partial charge in [0.15, 0.2) is 5.13 Å². The molecule has 0 fully saturated rings. The quantitative estimate of drug-likeness (QED) is 0.625. The van der Waals surface area contributed by atoms with Gasteiger partial charge in [-0.3, -0.25) is 10.1 Å². The highest BCUT2D eigenvalue weighted by Gasteiger charge is 2.07. The van der Waals surface area contributed by atoms with Gasteiger partial charge >= 0.3 is 0 Å². The lowest BCUT2D eigenvalue weighted by atomic mass is 10.3. The molecule has 1 aromatic heterocycles. The maximum absolute atomic E-state index is 10.7. The predicted molar refractivity (Wildman–Crippen MR) is 78.3 cm³/mol. The lowest BCUT2D eigenvalue weighted by Crippen LogP contribution is -1.97. The minimum absolute atomic E-state index is 0.0251. The number of hydrogen-bond donors (Lipinski definition) is 1. The van der Waals surface area contributed by atoms with E-state index in [2.05, 4.69) is 17.2 Å². The number of nitro benzene ring substituents is 1. The number of ether oxygens (including phenoxy) is 1. The summed E-state index contributed by atoms with van der Waals surface area (Å²) >= 11 is 1.52. The standard InChI is InChI=1S/C13H15N3O3S/c1-2-6-14-13-15-8-12(20-13)9-19-11-5-3-4-10(7-11)16(17)18/h3-5,7-8H,2,6,9H2,1H3,(H,14,15). The smallest absolute Gasteiger partial charge is 0.273 e. The predicted octanol–water partition coefficient (Wildman–Crippen LogP) is 3.45. The maximum Gasteiger partial charge on any atom is 0.273 e. The van der Waals surface area contributed by atoms with Crippen LogP contribution in [0.5, 0.6) is 5.75 Å². The van der Waals surface area contributed by atoms with Gasteiger partial charge in [0.05, 0.1) is 15.9 Å². The number of benzene rings is 1. The topological polar surface area (TPSA) is 77.3 Å². The van der Waals surface area contributed by atoms with Crippen LogP contribution in [0, 0.1) is 10.1 Å². The first-order valence-corrected chi connectivity index (χ1v) is 7.06. The lowest BCUT2D eigenvalue weighted by Gasteiger charge is -2.03. The van der Waals surface area contributed by atoms with Gasteiger partial charge in [0.2, 0.25) is 0 Å². The molecule has 0 saturated carbocycles.